The quantitative estimate of drug-likeness (QED) is 0.683. The number of ether oxygens (including phenoxy) is 1. The standard InChI is InChI=1S/C9H14N2O2/c1-6(2)9-10-7(13-4)5-8(12)11(9)3/h5-6H,1-4H3. The maximum absolute atomic E-state index is 11.4. The van der Waals surface area contributed by atoms with Crippen LogP contribution >= 0.6 is 0 Å². The normalized spacial score (nSPS) is 10.5. The topological polar surface area (TPSA) is 44.1 Å². The Hall–Kier alpha value is -1.32. The van der Waals surface area contributed by atoms with Gasteiger partial charge in [-0.2, -0.15) is 4.98 Å². The molecule has 1 aromatic rings. The van der Waals surface area contributed by atoms with Crippen molar-refractivity contribution in [2.75, 3.05) is 7.11 Å². The summed E-state index contributed by atoms with van der Waals surface area (Å²) in [6.45, 7) is 3.97. The molecule has 1 heterocycles. The molecule has 0 spiro atoms. The molecule has 0 aliphatic carbocycles. The van der Waals surface area contributed by atoms with E-state index in [0.717, 1.165) is 5.82 Å². The first-order chi connectivity index (χ1) is 6.06. The highest BCUT2D eigenvalue weighted by Gasteiger charge is 2.08. The zero-order valence-corrected chi connectivity index (χ0v) is 8.37. The van der Waals surface area contributed by atoms with Gasteiger partial charge in [-0.05, 0) is 0 Å². The Morgan fingerprint density at radius 2 is 2.15 bits per heavy atom. The van der Waals surface area contributed by atoms with Crippen molar-refractivity contribution in [3.8, 4) is 5.88 Å². The number of aromatic nitrogens is 2. The molecule has 4 heteroatoms. The summed E-state index contributed by atoms with van der Waals surface area (Å²) < 4.78 is 6.45. The summed E-state index contributed by atoms with van der Waals surface area (Å²) in [4.78, 5) is 15.6. The van der Waals surface area contributed by atoms with Crippen molar-refractivity contribution in [3.63, 3.8) is 0 Å². The van der Waals surface area contributed by atoms with Crippen molar-refractivity contribution in [3.05, 3.63) is 22.2 Å². The lowest BCUT2D eigenvalue weighted by Gasteiger charge is -2.10. The van der Waals surface area contributed by atoms with Gasteiger partial charge in [-0.15, -0.1) is 0 Å². The predicted molar refractivity (Wildman–Crippen MR) is 50.1 cm³/mol. The fourth-order valence-corrected chi connectivity index (χ4v) is 1.16. The highest BCUT2D eigenvalue weighted by atomic mass is 16.5. The highest BCUT2D eigenvalue weighted by Crippen LogP contribution is 2.11. The van der Waals surface area contributed by atoms with Crippen molar-refractivity contribution < 1.29 is 4.74 Å². The second-order valence-electron chi connectivity index (χ2n) is 3.21. The van der Waals surface area contributed by atoms with Gasteiger partial charge < -0.3 is 4.74 Å². The van der Waals surface area contributed by atoms with Crippen LogP contribution < -0.4 is 10.3 Å². The zero-order chi connectivity index (χ0) is 10.0. The Kier molecular flexibility index (Phi) is 2.70. The van der Waals surface area contributed by atoms with Crippen molar-refractivity contribution in [1.29, 1.82) is 0 Å². The minimum Gasteiger partial charge on any atom is -0.481 e. The summed E-state index contributed by atoms with van der Waals surface area (Å²) >= 11 is 0. The molecule has 0 aliphatic heterocycles. The summed E-state index contributed by atoms with van der Waals surface area (Å²) in [5, 5.41) is 0. The van der Waals surface area contributed by atoms with Crippen LogP contribution in [0.25, 0.3) is 0 Å². The maximum Gasteiger partial charge on any atom is 0.257 e. The van der Waals surface area contributed by atoms with Gasteiger partial charge in [-0.3, -0.25) is 9.36 Å². The average Bonchev–Trinajstić information content (AvgIpc) is 2.09. The number of methoxy groups -OCH3 is 1. The molecule has 0 N–H and O–H groups in total. The molecule has 0 atom stereocenters. The van der Waals surface area contributed by atoms with Crippen LogP contribution in [-0.2, 0) is 7.05 Å². The van der Waals surface area contributed by atoms with Crippen molar-refractivity contribution in [2.24, 2.45) is 7.05 Å². The minimum absolute atomic E-state index is 0.0875. The zero-order valence-electron chi connectivity index (χ0n) is 8.37. The van der Waals surface area contributed by atoms with Crippen LogP contribution in [0, 0.1) is 0 Å². The molecular formula is C9H14N2O2. The van der Waals surface area contributed by atoms with Crippen molar-refractivity contribution in [2.45, 2.75) is 19.8 Å². The molecule has 0 unspecified atom stereocenters. The van der Waals surface area contributed by atoms with E-state index in [-0.39, 0.29) is 11.5 Å². The average molecular weight is 182 g/mol. The molecule has 0 amide bonds. The molecule has 0 aromatic carbocycles. The summed E-state index contributed by atoms with van der Waals surface area (Å²) in [5.41, 5.74) is -0.0875. The van der Waals surface area contributed by atoms with E-state index in [1.165, 1.54) is 17.7 Å². The molecule has 72 valence electrons. The molecular weight excluding hydrogens is 168 g/mol. The van der Waals surface area contributed by atoms with E-state index in [0.29, 0.717) is 5.88 Å². The molecule has 1 aromatic heterocycles. The summed E-state index contributed by atoms with van der Waals surface area (Å²) in [6.07, 6.45) is 0. The molecule has 0 aliphatic rings. The summed E-state index contributed by atoms with van der Waals surface area (Å²) in [5.74, 6) is 1.34. The molecule has 0 bridgehead atoms. The van der Waals surface area contributed by atoms with E-state index in [1.54, 1.807) is 7.05 Å². The van der Waals surface area contributed by atoms with Crippen molar-refractivity contribution >= 4 is 0 Å². The lowest BCUT2D eigenvalue weighted by Crippen LogP contribution is -2.22. The van der Waals surface area contributed by atoms with Crippen LogP contribution in [0.1, 0.15) is 25.6 Å². The summed E-state index contributed by atoms with van der Waals surface area (Å²) in [7, 11) is 3.22. The Morgan fingerprint density at radius 3 is 2.62 bits per heavy atom. The molecule has 0 saturated heterocycles. The number of nitrogens with zero attached hydrogens (tertiary/aromatic N) is 2. The van der Waals surface area contributed by atoms with E-state index in [4.69, 9.17) is 4.74 Å². The van der Waals surface area contributed by atoms with Gasteiger partial charge in [0.1, 0.15) is 5.82 Å². The van der Waals surface area contributed by atoms with E-state index in [2.05, 4.69) is 4.98 Å². The number of hydrogen-bond donors (Lipinski definition) is 0. The van der Waals surface area contributed by atoms with Crippen LogP contribution in [0.2, 0.25) is 0 Å². The first-order valence-corrected chi connectivity index (χ1v) is 4.18. The lowest BCUT2D eigenvalue weighted by molar-refractivity contribution is 0.389. The maximum atomic E-state index is 11.4. The van der Waals surface area contributed by atoms with E-state index in [1.807, 2.05) is 13.8 Å². The first kappa shape index (κ1) is 9.77. The largest absolute Gasteiger partial charge is 0.481 e. The van der Waals surface area contributed by atoms with Crippen LogP contribution in [0.5, 0.6) is 5.88 Å². The van der Waals surface area contributed by atoms with Crippen LogP contribution in [-0.4, -0.2) is 16.7 Å². The highest BCUT2D eigenvalue weighted by molar-refractivity contribution is 5.11. The van der Waals surface area contributed by atoms with Crippen LogP contribution in [0.4, 0.5) is 0 Å². The third-order valence-electron chi connectivity index (χ3n) is 1.87. The lowest BCUT2D eigenvalue weighted by atomic mass is 10.2. The number of hydrogen-bond acceptors (Lipinski definition) is 3. The van der Waals surface area contributed by atoms with Crippen molar-refractivity contribution in [1.82, 2.24) is 9.55 Å². The van der Waals surface area contributed by atoms with E-state index < -0.39 is 0 Å². The predicted octanol–water partition coefficient (Wildman–Crippen LogP) is 0.912. The Labute approximate surface area is 77.2 Å². The van der Waals surface area contributed by atoms with Gasteiger partial charge in [0.25, 0.3) is 5.56 Å². The van der Waals surface area contributed by atoms with Gasteiger partial charge in [0.2, 0.25) is 5.88 Å². The van der Waals surface area contributed by atoms with Gasteiger partial charge in [0.15, 0.2) is 0 Å². The van der Waals surface area contributed by atoms with Crippen LogP contribution in [0.15, 0.2) is 10.9 Å². The molecule has 13 heavy (non-hydrogen) atoms. The van der Waals surface area contributed by atoms with E-state index >= 15 is 0 Å². The second kappa shape index (κ2) is 3.60. The number of rotatable bonds is 2. The fraction of sp³-hybridized carbons (Fsp3) is 0.556. The smallest absolute Gasteiger partial charge is 0.257 e. The first-order valence-electron chi connectivity index (χ1n) is 4.18. The second-order valence-corrected chi connectivity index (χ2v) is 3.21. The molecule has 1 rings (SSSR count). The Balaban J connectivity index is 3.33. The van der Waals surface area contributed by atoms with E-state index in [9.17, 15) is 4.79 Å². The SMILES string of the molecule is COc1cc(=O)n(C)c(C(C)C)n1. The van der Waals surface area contributed by atoms with Gasteiger partial charge in [-0.25, -0.2) is 0 Å². The third kappa shape index (κ3) is 1.88. The molecule has 0 saturated carbocycles. The molecule has 4 nitrogen and oxygen atoms in total. The Morgan fingerprint density at radius 1 is 1.54 bits per heavy atom. The third-order valence-corrected chi connectivity index (χ3v) is 1.87. The fourth-order valence-electron chi connectivity index (χ4n) is 1.16. The van der Waals surface area contributed by atoms with Gasteiger partial charge in [0.05, 0.1) is 13.2 Å². The molecule has 0 radical (unpaired) electrons. The van der Waals surface area contributed by atoms with Gasteiger partial charge in [-0.1, -0.05) is 13.8 Å². The van der Waals surface area contributed by atoms with Gasteiger partial charge in [0, 0.05) is 13.0 Å². The monoisotopic (exact) mass is 182 g/mol. The molecule has 0 fully saturated rings. The van der Waals surface area contributed by atoms with Crippen LogP contribution in [0.3, 0.4) is 0 Å². The summed E-state index contributed by atoms with van der Waals surface area (Å²) in [6, 6.07) is 1.38. The van der Waals surface area contributed by atoms with Gasteiger partial charge >= 0.3 is 0 Å². The minimum atomic E-state index is -0.0875. The Bertz CT molecular complexity index is 355.